The summed E-state index contributed by atoms with van der Waals surface area (Å²) < 4.78 is 13.9. The summed E-state index contributed by atoms with van der Waals surface area (Å²) in [7, 11) is 0. The minimum absolute atomic E-state index is 0.00427. The van der Waals surface area contributed by atoms with E-state index in [1.807, 2.05) is 0 Å². The maximum atomic E-state index is 13.9. The topological polar surface area (TPSA) is 101 Å². The van der Waals surface area contributed by atoms with Crippen LogP contribution in [0.4, 0.5) is 15.8 Å². The van der Waals surface area contributed by atoms with Gasteiger partial charge in [0, 0.05) is 24.2 Å². The van der Waals surface area contributed by atoms with Gasteiger partial charge in [0.15, 0.2) is 0 Å². The van der Waals surface area contributed by atoms with Gasteiger partial charge >= 0.3 is 0 Å². The smallest absolute Gasteiger partial charge is 0.272 e. The molecule has 2 aromatic rings. The number of rotatable bonds is 6. The molecule has 2 N–H and O–H groups in total. The summed E-state index contributed by atoms with van der Waals surface area (Å²) in [4.78, 5) is 34.0. The summed E-state index contributed by atoms with van der Waals surface area (Å²) >= 11 is 0. The van der Waals surface area contributed by atoms with Gasteiger partial charge in [0.25, 0.3) is 11.6 Å². The van der Waals surface area contributed by atoms with E-state index >= 15 is 0 Å². The number of carbonyl (C=O) groups is 2. The fourth-order valence-corrected chi connectivity index (χ4v) is 2.75. The molecular formula is C19H18FN3O4. The summed E-state index contributed by atoms with van der Waals surface area (Å²) in [5.41, 5.74) is 0.686. The third kappa shape index (κ3) is 4.46. The molecule has 0 atom stereocenters. The van der Waals surface area contributed by atoms with Crippen LogP contribution in [0.25, 0.3) is 0 Å². The number of nitro groups is 1. The lowest BCUT2D eigenvalue weighted by Gasteiger charge is -2.24. The van der Waals surface area contributed by atoms with Gasteiger partial charge in [-0.15, -0.1) is 0 Å². The number of nitrogens with zero attached hydrogens (tertiary/aromatic N) is 1. The Balaban J connectivity index is 1.61. The second-order valence-corrected chi connectivity index (χ2v) is 6.42. The van der Waals surface area contributed by atoms with Crippen molar-refractivity contribution in [3.63, 3.8) is 0 Å². The molecule has 0 heterocycles. The van der Waals surface area contributed by atoms with Gasteiger partial charge in [-0.25, -0.2) is 4.39 Å². The first kappa shape index (κ1) is 18.5. The molecule has 0 saturated heterocycles. The maximum Gasteiger partial charge on any atom is 0.272 e. The number of hydrogen-bond donors (Lipinski definition) is 2. The van der Waals surface area contributed by atoms with E-state index in [9.17, 15) is 24.1 Å². The Morgan fingerprint density at radius 2 is 1.96 bits per heavy atom. The SMILES string of the molecule is O=C(NCc1cccc(NC(=O)C2CCC2)c1)c1ccc([N+](=O)[O-])cc1F. The molecule has 0 spiro atoms. The number of nitrogens with one attached hydrogen (secondary N) is 2. The average Bonchev–Trinajstić information content (AvgIpc) is 2.58. The number of anilines is 1. The van der Waals surface area contributed by atoms with Crippen molar-refractivity contribution in [3.05, 3.63) is 69.5 Å². The predicted octanol–water partition coefficient (Wildman–Crippen LogP) is 3.40. The Hall–Kier alpha value is -3.29. The van der Waals surface area contributed by atoms with Crippen molar-refractivity contribution in [1.82, 2.24) is 5.32 Å². The Morgan fingerprint density at radius 1 is 1.19 bits per heavy atom. The molecule has 1 aliphatic rings. The van der Waals surface area contributed by atoms with Crippen LogP contribution in [-0.2, 0) is 11.3 Å². The molecule has 7 nitrogen and oxygen atoms in total. The van der Waals surface area contributed by atoms with E-state index in [0.29, 0.717) is 11.8 Å². The van der Waals surface area contributed by atoms with E-state index < -0.39 is 22.3 Å². The third-order valence-electron chi connectivity index (χ3n) is 4.53. The highest BCUT2D eigenvalue weighted by atomic mass is 19.1. The Bertz CT molecular complexity index is 896. The van der Waals surface area contributed by atoms with Gasteiger partial charge in [-0.1, -0.05) is 18.6 Å². The number of halogens is 1. The fourth-order valence-electron chi connectivity index (χ4n) is 2.75. The van der Waals surface area contributed by atoms with Gasteiger partial charge in [0.1, 0.15) is 5.82 Å². The lowest BCUT2D eigenvalue weighted by molar-refractivity contribution is -0.385. The summed E-state index contributed by atoms with van der Waals surface area (Å²) in [6.45, 7) is 0.127. The van der Waals surface area contributed by atoms with E-state index in [2.05, 4.69) is 10.6 Å². The van der Waals surface area contributed by atoms with Crippen LogP contribution < -0.4 is 10.6 Å². The molecule has 8 heteroatoms. The molecule has 0 unspecified atom stereocenters. The molecule has 140 valence electrons. The second kappa shape index (κ2) is 7.94. The zero-order valence-corrected chi connectivity index (χ0v) is 14.4. The van der Waals surface area contributed by atoms with Crippen molar-refractivity contribution < 1.29 is 18.9 Å². The molecule has 27 heavy (non-hydrogen) atoms. The number of benzene rings is 2. The summed E-state index contributed by atoms with van der Waals surface area (Å²) in [5, 5.41) is 16.0. The Kier molecular flexibility index (Phi) is 5.44. The van der Waals surface area contributed by atoms with Crippen LogP contribution in [-0.4, -0.2) is 16.7 Å². The van der Waals surface area contributed by atoms with Gasteiger partial charge in [0.05, 0.1) is 16.6 Å². The van der Waals surface area contributed by atoms with Crippen molar-refractivity contribution in [2.45, 2.75) is 25.8 Å². The summed E-state index contributed by atoms with van der Waals surface area (Å²) in [6.07, 6.45) is 2.88. The van der Waals surface area contributed by atoms with Gasteiger partial charge in [-0.2, -0.15) is 0 Å². The fraction of sp³-hybridized carbons (Fsp3) is 0.263. The van der Waals surface area contributed by atoms with E-state index in [4.69, 9.17) is 0 Å². The zero-order valence-electron chi connectivity index (χ0n) is 14.4. The zero-order chi connectivity index (χ0) is 19.4. The van der Waals surface area contributed by atoms with E-state index in [1.165, 1.54) is 0 Å². The van der Waals surface area contributed by atoms with Crippen LogP contribution in [0.5, 0.6) is 0 Å². The largest absolute Gasteiger partial charge is 0.348 e. The molecule has 0 radical (unpaired) electrons. The van der Waals surface area contributed by atoms with Crippen LogP contribution in [0, 0.1) is 21.8 Å². The normalized spacial score (nSPS) is 13.5. The minimum Gasteiger partial charge on any atom is -0.348 e. The summed E-state index contributed by atoms with van der Waals surface area (Å²) in [5.74, 6) is -1.57. The van der Waals surface area contributed by atoms with Gasteiger partial charge in [-0.3, -0.25) is 19.7 Å². The summed E-state index contributed by atoms with van der Waals surface area (Å²) in [6, 6.07) is 9.90. The van der Waals surface area contributed by atoms with E-state index in [1.54, 1.807) is 24.3 Å². The molecule has 0 bridgehead atoms. The third-order valence-corrected chi connectivity index (χ3v) is 4.53. The standard InChI is InChI=1S/C19H18FN3O4/c20-17-10-15(23(26)27)7-8-16(17)19(25)21-11-12-3-1-6-14(9-12)22-18(24)13-4-2-5-13/h1,3,6-10,13H,2,4-5,11H2,(H,21,25)(H,22,24). The molecule has 1 saturated carbocycles. The maximum absolute atomic E-state index is 13.9. The van der Waals surface area contributed by atoms with Gasteiger partial charge in [0.2, 0.25) is 5.91 Å². The first-order chi connectivity index (χ1) is 12.9. The first-order valence-electron chi connectivity index (χ1n) is 8.56. The first-order valence-corrected chi connectivity index (χ1v) is 8.56. The molecule has 1 aliphatic carbocycles. The highest BCUT2D eigenvalue weighted by Gasteiger charge is 2.25. The van der Waals surface area contributed by atoms with Crippen molar-refractivity contribution in [2.24, 2.45) is 5.92 Å². The van der Waals surface area contributed by atoms with Gasteiger partial charge < -0.3 is 10.6 Å². The highest BCUT2D eigenvalue weighted by Crippen LogP contribution is 2.27. The number of nitro benzene ring substituents is 1. The Morgan fingerprint density at radius 3 is 2.59 bits per heavy atom. The van der Waals surface area contributed by atoms with Crippen molar-refractivity contribution >= 4 is 23.2 Å². The molecular weight excluding hydrogens is 353 g/mol. The monoisotopic (exact) mass is 371 g/mol. The number of hydrogen-bond acceptors (Lipinski definition) is 4. The number of non-ortho nitro benzene ring substituents is 1. The molecule has 2 amide bonds. The molecule has 3 rings (SSSR count). The predicted molar refractivity (Wildman–Crippen MR) is 96.6 cm³/mol. The second-order valence-electron chi connectivity index (χ2n) is 6.42. The van der Waals surface area contributed by atoms with E-state index in [0.717, 1.165) is 37.0 Å². The minimum atomic E-state index is -0.955. The van der Waals surface area contributed by atoms with Gasteiger partial charge in [-0.05, 0) is 36.6 Å². The lowest BCUT2D eigenvalue weighted by atomic mass is 9.85. The van der Waals surface area contributed by atoms with Crippen LogP contribution in [0.2, 0.25) is 0 Å². The molecule has 0 aliphatic heterocycles. The lowest BCUT2D eigenvalue weighted by Crippen LogP contribution is -2.28. The average molecular weight is 371 g/mol. The van der Waals surface area contributed by atoms with E-state index in [-0.39, 0.29) is 23.9 Å². The number of carbonyl (C=O) groups excluding carboxylic acids is 2. The quantitative estimate of drug-likeness (QED) is 0.600. The van der Waals surface area contributed by atoms with Crippen molar-refractivity contribution in [2.75, 3.05) is 5.32 Å². The molecule has 2 aromatic carbocycles. The highest BCUT2D eigenvalue weighted by molar-refractivity contribution is 5.95. The van der Waals surface area contributed by atoms with Crippen LogP contribution >= 0.6 is 0 Å². The molecule has 1 fully saturated rings. The van der Waals surface area contributed by atoms with Crippen molar-refractivity contribution in [1.29, 1.82) is 0 Å². The molecule has 0 aromatic heterocycles. The van der Waals surface area contributed by atoms with Crippen molar-refractivity contribution in [3.8, 4) is 0 Å². The Labute approximate surface area is 154 Å². The number of amides is 2. The van der Waals surface area contributed by atoms with Crippen LogP contribution in [0.15, 0.2) is 42.5 Å². The van der Waals surface area contributed by atoms with Crippen LogP contribution in [0.3, 0.4) is 0 Å². The van der Waals surface area contributed by atoms with Crippen LogP contribution in [0.1, 0.15) is 35.2 Å².